The van der Waals surface area contributed by atoms with E-state index in [0.717, 1.165) is 0 Å². The number of hydrogen-bond acceptors (Lipinski definition) is 2. The molecule has 4 nitrogen and oxygen atoms in total. The number of carbonyl (C=O) groups excluding carboxylic acids is 2. The highest BCUT2D eigenvalue weighted by molar-refractivity contribution is 6.41. The fourth-order valence-electron chi connectivity index (χ4n) is 1.87. The van der Waals surface area contributed by atoms with E-state index in [4.69, 9.17) is 34.7 Å². The third-order valence-corrected chi connectivity index (χ3v) is 3.64. The molecule has 0 heterocycles. The first-order valence-electron chi connectivity index (χ1n) is 6.50. The summed E-state index contributed by atoms with van der Waals surface area (Å²) in [6.07, 6.45) is 0.553. The monoisotopic (exact) mass is 338 g/mol. The zero-order valence-electron chi connectivity index (χ0n) is 12.0. The summed E-state index contributed by atoms with van der Waals surface area (Å²) in [4.78, 5) is 22.1. The number of amides is 2. The Morgan fingerprint density at radius 3 is 1.55 bits per heavy atom. The van der Waals surface area contributed by atoms with Crippen molar-refractivity contribution in [3.05, 3.63) is 69.2 Å². The van der Waals surface area contributed by atoms with E-state index >= 15 is 0 Å². The van der Waals surface area contributed by atoms with Crippen molar-refractivity contribution in [2.45, 2.75) is 13.3 Å². The van der Waals surface area contributed by atoms with Crippen molar-refractivity contribution in [1.29, 1.82) is 0 Å². The van der Waals surface area contributed by atoms with Crippen LogP contribution in [0.2, 0.25) is 10.0 Å². The minimum absolute atomic E-state index is 0.365. The second kappa shape index (κ2) is 8.41. The lowest BCUT2D eigenvalue weighted by Gasteiger charge is -2.07. The van der Waals surface area contributed by atoms with Gasteiger partial charge in [-0.25, -0.2) is 0 Å². The lowest BCUT2D eigenvalue weighted by molar-refractivity contribution is 0.0999. The first-order chi connectivity index (χ1) is 10.4. The number of halogens is 2. The van der Waals surface area contributed by atoms with Gasteiger partial charge in [-0.2, -0.15) is 0 Å². The van der Waals surface area contributed by atoms with Gasteiger partial charge in [0, 0.05) is 11.1 Å². The van der Waals surface area contributed by atoms with Crippen molar-refractivity contribution in [3.63, 3.8) is 0 Å². The van der Waals surface area contributed by atoms with Crippen LogP contribution in [0.15, 0.2) is 42.5 Å². The maximum Gasteiger partial charge on any atom is 0.249 e. The largest absolute Gasteiger partial charge is 0.366 e. The Balaban J connectivity index is 0.000000255. The normalized spacial score (nSPS) is 9.59. The molecule has 116 valence electrons. The molecule has 0 aliphatic rings. The number of hydrogen-bond donors (Lipinski definition) is 2. The van der Waals surface area contributed by atoms with E-state index in [0.29, 0.717) is 33.2 Å². The highest BCUT2D eigenvalue weighted by Gasteiger charge is 2.13. The molecule has 0 aromatic heterocycles. The van der Waals surface area contributed by atoms with Crippen molar-refractivity contribution < 1.29 is 9.59 Å². The molecule has 0 atom stereocenters. The first-order valence-corrected chi connectivity index (χ1v) is 7.25. The molecular weight excluding hydrogens is 323 g/mol. The van der Waals surface area contributed by atoms with E-state index in [1.165, 1.54) is 0 Å². The second-order valence-electron chi connectivity index (χ2n) is 4.33. The Hall–Kier alpha value is -2.04. The van der Waals surface area contributed by atoms with E-state index in [2.05, 4.69) is 0 Å². The van der Waals surface area contributed by atoms with Gasteiger partial charge in [0.05, 0.1) is 10.0 Å². The zero-order valence-corrected chi connectivity index (χ0v) is 13.5. The lowest BCUT2D eigenvalue weighted by atomic mass is 9.98. The van der Waals surface area contributed by atoms with E-state index in [-0.39, 0.29) is 0 Å². The summed E-state index contributed by atoms with van der Waals surface area (Å²) in [5.41, 5.74) is 11.7. The van der Waals surface area contributed by atoms with Crippen molar-refractivity contribution in [2.75, 3.05) is 0 Å². The number of carbonyl (C=O) groups is 2. The van der Waals surface area contributed by atoms with E-state index in [1.54, 1.807) is 30.3 Å². The predicted molar refractivity (Wildman–Crippen MR) is 89.3 cm³/mol. The van der Waals surface area contributed by atoms with E-state index < -0.39 is 11.8 Å². The molecule has 2 rings (SSSR count). The number of benzene rings is 2. The molecule has 0 saturated heterocycles. The van der Waals surface area contributed by atoms with Gasteiger partial charge < -0.3 is 11.5 Å². The number of nitrogens with two attached hydrogens (primary N) is 2. The van der Waals surface area contributed by atoms with Gasteiger partial charge in [-0.05, 0) is 36.2 Å². The molecule has 0 fully saturated rings. The zero-order chi connectivity index (χ0) is 16.7. The Morgan fingerprint density at radius 1 is 0.864 bits per heavy atom. The molecule has 0 spiro atoms. The van der Waals surface area contributed by atoms with Crippen molar-refractivity contribution >= 4 is 35.0 Å². The average Bonchev–Trinajstić information content (AvgIpc) is 2.49. The molecule has 22 heavy (non-hydrogen) atoms. The predicted octanol–water partition coefficient (Wildman–Crippen LogP) is 3.44. The van der Waals surface area contributed by atoms with Crippen molar-refractivity contribution in [1.82, 2.24) is 0 Å². The molecule has 2 aromatic carbocycles. The third kappa shape index (κ3) is 4.76. The lowest BCUT2D eigenvalue weighted by Crippen LogP contribution is -2.19. The molecule has 0 unspecified atom stereocenters. The topological polar surface area (TPSA) is 86.2 Å². The van der Waals surface area contributed by atoms with E-state index in [1.807, 2.05) is 19.1 Å². The van der Waals surface area contributed by atoms with Crippen LogP contribution in [-0.2, 0) is 6.42 Å². The van der Waals surface area contributed by atoms with Gasteiger partial charge in [0.2, 0.25) is 11.8 Å². The summed E-state index contributed by atoms with van der Waals surface area (Å²) < 4.78 is 0. The van der Waals surface area contributed by atoms with Crippen LogP contribution in [0, 0.1) is 0 Å². The van der Waals surface area contributed by atoms with Crippen LogP contribution in [0.5, 0.6) is 0 Å². The van der Waals surface area contributed by atoms with Crippen LogP contribution >= 0.6 is 23.2 Å². The Kier molecular flexibility index (Phi) is 6.89. The van der Waals surface area contributed by atoms with Gasteiger partial charge in [0.25, 0.3) is 0 Å². The van der Waals surface area contributed by atoms with Crippen LogP contribution in [0.25, 0.3) is 0 Å². The smallest absolute Gasteiger partial charge is 0.249 e. The van der Waals surface area contributed by atoms with Crippen LogP contribution in [-0.4, -0.2) is 11.8 Å². The molecule has 6 heteroatoms. The second-order valence-corrected chi connectivity index (χ2v) is 5.14. The molecule has 0 bridgehead atoms. The van der Waals surface area contributed by atoms with Crippen LogP contribution < -0.4 is 11.5 Å². The molecular formula is C16H16Cl2N2O2. The summed E-state index contributed by atoms with van der Waals surface area (Å²) in [6.45, 7) is 1.84. The van der Waals surface area contributed by atoms with Gasteiger partial charge in [-0.1, -0.05) is 48.3 Å². The quantitative estimate of drug-likeness (QED) is 0.897. The van der Waals surface area contributed by atoms with Crippen LogP contribution in [0.3, 0.4) is 0 Å². The summed E-state index contributed by atoms with van der Waals surface area (Å²) in [7, 11) is 0. The Bertz CT molecular complexity index is 634. The molecule has 0 saturated carbocycles. The molecule has 4 N–H and O–H groups in total. The fraction of sp³-hybridized carbons (Fsp3) is 0.125. The minimum atomic E-state index is -0.537. The average molecular weight is 339 g/mol. The molecule has 0 aliphatic heterocycles. The van der Waals surface area contributed by atoms with Crippen LogP contribution in [0.4, 0.5) is 0 Å². The molecule has 2 amide bonds. The SMILES string of the molecule is CCc1c(C(N)=O)cccc1C(N)=O.Clc1ccccc1Cl. The summed E-state index contributed by atoms with van der Waals surface area (Å²) in [5, 5.41) is 1.21. The van der Waals surface area contributed by atoms with Gasteiger partial charge in [-0.15, -0.1) is 0 Å². The van der Waals surface area contributed by atoms with Crippen molar-refractivity contribution in [3.8, 4) is 0 Å². The number of primary amides is 2. The fourth-order valence-corrected chi connectivity index (χ4v) is 2.14. The maximum atomic E-state index is 11.0. The summed E-state index contributed by atoms with van der Waals surface area (Å²) >= 11 is 11.2. The molecule has 2 aromatic rings. The number of rotatable bonds is 3. The highest BCUT2D eigenvalue weighted by atomic mass is 35.5. The Labute approximate surface area is 139 Å². The van der Waals surface area contributed by atoms with Gasteiger partial charge >= 0.3 is 0 Å². The molecule has 0 aliphatic carbocycles. The Morgan fingerprint density at radius 2 is 1.27 bits per heavy atom. The van der Waals surface area contributed by atoms with Gasteiger partial charge in [0.15, 0.2) is 0 Å². The highest BCUT2D eigenvalue weighted by Crippen LogP contribution is 2.19. The van der Waals surface area contributed by atoms with Gasteiger partial charge in [-0.3, -0.25) is 9.59 Å². The van der Waals surface area contributed by atoms with Gasteiger partial charge in [0.1, 0.15) is 0 Å². The van der Waals surface area contributed by atoms with Crippen LogP contribution in [0.1, 0.15) is 33.2 Å². The van der Waals surface area contributed by atoms with E-state index in [9.17, 15) is 9.59 Å². The summed E-state index contributed by atoms with van der Waals surface area (Å²) in [5.74, 6) is -1.07. The minimum Gasteiger partial charge on any atom is -0.366 e. The molecule has 0 radical (unpaired) electrons. The van der Waals surface area contributed by atoms with Crippen molar-refractivity contribution in [2.24, 2.45) is 11.5 Å². The maximum absolute atomic E-state index is 11.0. The third-order valence-electron chi connectivity index (χ3n) is 2.88. The summed E-state index contributed by atoms with van der Waals surface area (Å²) in [6, 6.07) is 12.0. The standard InChI is InChI=1S/C10H12N2O2.C6H4Cl2/c1-2-6-7(9(11)13)4-3-5-8(6)10(12)14;7-5-3-1-2-4-6(5)8/h3-5H,2H2,1H3,(H2,11,13)(H2,12,14);1-4H. The first kappa shape index (κ1) is 18.0.